The topological polar surface area (TPSA) is 59.1 Å². The number of aryl methyl sites for hydroxylation is 1. The van der Waals surface area contributed by atoms with E-state index in [2.05, 4.69) is 45.5 Å². The van der Waals surface area contributed by atoms with E-state index < -0.39 is 6.10 Å². The van der Waals surface area contributed by atoms with Crippen LogP contribution in [0.5, 0.6) is 0 Å². The van der Waals surface area contributed by atoms with E-state index in [4.69, 9.17) is 0 Å². The number of rotatable bonds is 5. The van der Waals surface area contributed by atoms with Crippen molar-refractivity contribution in [2.75, 3.05) is 12.8 Å². The van der Waals surface area contributed by atoms with Crippen LogP contribution < -0.4 is 0 Å². The molecule has 0 saturated carbocycles. The molecule has 1 aromatic carbocycles. The molecule has 0 amide bonds. The van der Waals surface area contributed by atoms with E-state index in [1.165, 1.54) is 10.5 Å². The fourth-order valence-electron chi connectivity index (χ4n) is 3.46. The Morgan fingerprint density at radius 3 is 2.88 bits per heavy atom. The zero-order chi connectivity index (χ0) is 18.1. The van der Waals surface area contributed by atoms with Crippen LogP contribution in [0, 0.1) is 0 Å². The van der Waals surface area contributed by atoms with Gasteiger partial charge in [-0.05, 0) is 24.0 Å². The van der Waals surface area contributed by atoms with Gasteiger partial charge in [0.15, 0.2) is 6.10 Å². The highest BCUT2D eigenvalue weighted by molar-refractivity contribution is 7.98. The number of fused-ring (bicyclic) bond motifs is 1. The van der Waals surface area contributed by atoms with Crippen molar-refractivity contribution in [3.8, 4) is 0 Å². The molecular formula is C19H23N5OS. The predicted octanol–water partition coefficient (Wildman–Crippen LogP) is 2.44. The molecule has 0 spiro atoms. The third-order valence-corrected chi connectivity index (χ3v) is 5.70. The molecule has 0 bridgehead atoms. The number of aromatic nitrogens is 4. The van der Waals surface area contributed by atoms with E-state index in [0.29, 0.717) is 11.5 Å². The second-order valence-electron chi connectivity index (χ2n) is 6.61. The quantitative estimate of drug-likeness (QED) is 0.700. The maximum Gasteiger partial charge on any atom is 0.155 e. The first-order chi connectivity index (χ1) is 12.7. The van der Waals surface area contributed by atoms with Gasteiger partial charge in [0.25, 0.3) is 0 Å². The van der Waals surface area contributed by atoms with Crippen LogP contribution in [-0.2, 0) is 26.7 Å². The second-order valence-corrected chi connectivity index (χ2v) is 7.45. The fourth-order valence-corrected chi connectivity index (χ4v) is 4.07. The Balaban J connectivity index is 1.51. The highest BCUT2D eigenvalue weighted by Gasteiger charge is 2.24. The molecule has 3 heterocycles. The first-order valence-corrected chi connectivity index (χ1v) is 9.94. The van der Waals surface area contributed by atoms with E-state index in [-0.39, 0.29) is 0 Å². The molecule has 7 heteroatoms. The van der Waals surface area contributed by atoms with Crippen molar-refractivity contribution >= 4 is 11.8 Å². The van der Waals surface area contributed by atoms with Gasteiger partial charge in [-0.2, -0.15) is 5.10 Å². The number of imidazole rings is 1. The molecule has 0 fully saturated rings. The van der Waals surface area contributed by atoms with Gasteiger partial charge in [-0.3, -0.25) is 9.58 Å². The summed E-state index contributed by atoms with van der Waals surface area (Å²) in [5, 5.41) is 15.2. The van der Waals surface area contributed by atoms with Crippen molar-refractivity contribution in [2.45, 2.75) is 30.6 Å². The van der Waals surface area contributed by atoms with Gasteiger partial charge in [-0.1, -0.05) is 18.2 Å². The number of thioether (sulfide) groups is 1. The van der Waals surface area contributed by atoms with Gasteiger partial charge in [0.1, 0.15) is 5.82 Å². The lowest BCUT2D eigenvalue weighted by atomic mass is 10.2. The molecule has 3 aromatic rings. The zero-order valence-corrected chi connectivity index (χ0v) is 15.9. The van der Waals surface area contributed by atoms with Gasteiger partial charge < -0.3 is 9.67 Å². The van der Waals surface area contributed by atoms with E-state index in [0.717, 1.165) is 31.9 Å². The van der Waals surface area contributed by atoms with Gasteiger partial charge >= 0.3 is 0 Å². The molecule has 4 rings (SSSR count). The number of hydrogen-bond acceptors (Lipinski definition) is 5. The van der Waals surface area contributed by atoms with Crippen molar-refractivity contribution in [1.29, 1.82) is 0 Å². The van der Waals surface area contributed by atoms with Gasteiger partial charge in [-0.15, -0.1) is 11.8 Å². The normalized spacial score (nSPS) is 15.8. The fraction of sp³-hybridized carbons (Fsp3) is 0.368. The van der Waals surface area contributed by atoms with Crippen molar-refractivity contribution in [3.63, 3.8) is 0 Å². The van der Waals surface area contributed by atoms with E-state index >= 15 is 0 Å². The maximum atomic E-state index is 10.6. The molecule has 0 aliphatic carbocycles. The number of hydrogen-bond donors (Lipinski definition) is 1. The summed E-state index contributed by atoms with van der Waals surface area (Å²) in [6, 6.07) is 10.6. The predicted molar refractivity (Wildman–Crippen MR) is 102 cm³/mol. The third kappa shape index (κ3) is 3.30. The monoisotopic (exact) mass is 369 g/mol. The molecule has 2 aromatic heterocycles. The summed E-state index contributed by atoms with van der Waals surface area (Å²) >= 11 is 1.79. The van der Waals surface area contributed by atoms with Crippen molar-refractivity contribution in [1.82, 2.24) is 24.2 Å². The van der Waals surface area contributed by atoms with Crippen LogP contribution in [0.15, 0.2) is 47.6 Å². The Bertz CT molecular complexity index is 903. The number of aliphatic hydroxyl groups is 1. The summed E-state index contributed by atoms with van der Waals surface area (Å²) in [4.78, 5) is 8.00. The van der Waals surface area contributed by atoms with Crippen molar-refractivity contribution in [2.24, 2.45) is 7.05 Å². The lowest BCUT2D eigenvalue weighted by Crippen LogP contribution is -2.33. The van der Waals surface area contributed by atoms with Gasteiger partial charge in [0.05, 0.1) is 17.9 Å². The summed E-state index contributed by atoms with van der Waals surface area (Å²) in [5.41, 5.74) is 3.17. The van der Waals surface area contributed by atoms with E-state index in [1.54, 1.807) is 18.0 Å². The molecular weight excluding hydrogens is 346 g/mol. The van der Waals surface area contributed by atoms with Crippen LogP contribution in [0.2, 0.25) is 0 Å². The Labute approximate surface area is 157 Å². The molecule has 0 radical (unpaired) electrons. The molecule has 1 aliphatic heterocycles. The highest BCUT2D eigenvalue weighted by atomic mass is 32.2. The van der Waals surface area contributed by atoms with E-state index in [9.17, 15) is 5.11 Å². The van der Waals surface area contributed by atoms with Gasteiger partial charge in [0.2, 0.25) is 0 Å². The van der Waals surface area contributed by atoms with Crippen LogP contribution in [0.3, 0.4) is 0 Å². The Morgan fingerprint density at radius 1 is 1.27 bits per heavy atom. The van der Waals surface area contributed by atoms with Gasteiger partial charge in [-0.25, -0.2) is 4.98 Å². The summed E-state index contributed by atoms with van der Waals surface area (Å²) in [5.74, 6) is 0.617. The summed E-state index contributed by atoms with van der Waals surface area (Å²) in [6.45, 7) is 3.56. The lowest BCUT2D eigenvalue weighted by molar-refractivity contribution is 0.194. The minimum atomic E-state index is -0.793. The SMILES string of the molecule is CSc1ccccc1CN1CCn2nc(C(O)c3nccn3C)cc2C1. The van der Waals surface area contributed by atoms with Gasteiger partial charge in [0, 0.05) is 44.0 Å². The number of nitrogens with zero attached hydrogens (tertiary/aromatic N) is 5. The smallest absolute Gasteiger partial charge is 0.155 e. The third-order valence-electron chi connectivity index (χ3n) is 4.87. The van der Waals surface area contributed by atoms with Crippen molar-refractivity contribution in [3.05, 3.63) is 65.5 Å². The largest absolute Gasteiger partial charge is 0.379 e. The Hall–Kier alpha value is -2.09. The molecule has 26 heavy (non-hydrogen) atoms. The first-order valence-electron chi connectivity index (χ1n) is 8.72. The number of benzene rings is 1. The molecule has 1 N–H and O–H groups in total. The average Bonchev–Trinajstić information content (AvgIpc) is 3.27. The van der Waals surface area contributed by atoms with E-state index in [1.807, 2.05) is 28.6 Å². The molecule has 1 unspecified atom stereocenters. The standard InChI is InChI=1S/C19H23N5OS/c1-22-8-7-20-19(22)18(25)16-11-15-13-23(9-10-24(15)21-16)12-14-5-3-4-6-17(14)26-2/h3-8,11,18,25H,9-10,12-13H2,1-2H3. The molecule has 1 aliphatic rings. The molecule has 0 saturated heterocycles. The molecule has 136 valence electrons. The van der Waals surface area contributed by atoms with Crippen LogP contribution in [0.1, 0.15) is 28.9 Å². The van der Waals surface area contributed by atoms with Crippen LogP contribution in [0.25, 0.3) is 0 Å². The maximum absolute atomic E-state index is 10.6. The summed E-state index contributed by atoms with van der Waals surface area (Å²) in [7, 11) is 1.88. The zero-order valence-electron chi connectivity index (χ0n) is 15.0. The first kappa shape index (κ1) is 17.3. The molecule has 1 atom stereocenters. The van der Waals surface area contributed by atoms with Crippen LogP contribution in [-0.4, -0.2) is 42.1 Å². The summed E-state index contributed by atoms with van der Waals surface area (Å²) in [6.07, 6.45) is 4.85. The highest BCUT2D eigenvalue weighted by Crippen LogP contribution is 2.25. The Kier molecular flexibility index (Phi) is 4.84. The minimum absolute atomic E-state index is 0.617. The average molecular weight is 369 g/mol. The van der Waals surface area contributed by atoms with Crippen LogP contribution >= 0.6 is 11.8 Å². The number of aliphatic hydroxyl groups excluding tert-OH is 1. The molecule has 6 nitrogen and oxygen atoms in total. The lowest BCUT2D eigenvalue weighted by Gasteiger charge is -2.28. The minimum Gasteiger partial charge on any atom is -0.379 e. The van der Waals surface area contributed by atoms with Crippen molar-refractivity contribution < 1.29 is 5.11 Å². The van der Waals surface area contributed by atoms with Crippen LogP contribution in [0.4, 0.5) is 0 Å². The summed E-state index contributed by atoms with van der Waals surface area (Å²) < 4.78 is 3.84. The second kappa shape index (κ2) is 7.26. The Morgan fingerprint density at radius 2 is 2.12 bits per heavy atom.